The third-order valence-electron chi connectivity index (χ3n) is 3.19. The van der Waals surface area contributed by atoms with Crippen LogP contribution >= 0.6 is 0 Å². The molecule has 2 rings (SSSR count). The van der Waals surface area contributed by atoms with Crippen molar-refractivity contribution in [1.82, 2.24) is 4.31 Å². The standard InChI is InChI=1S/C16H15FN2O3S/c1-19(10-11-22-16-5-3-2-4-15(16)17)23(20,21)14-8-6-13(12-18)7-9-14/h2-9H,10-11H2,1H3. The van der Waals surface area contributed by atoms with Gasteiger partial charge in [-0.1, -0.05) is 12.1 Å². The van der Waals surface area contributed by atoms with Crippen molar-refractivity contribution in [3.8, 4) is 11.8 Å². The molecule has 0 atom stereocenters. The fourth-order valence-electron chi connectivity index (χ4n) is 1.85. The molecule has 0 fully saturated rings. The van der Waals surface area contributed by atoms with E-state index in [0.717, 1.165) is 4.31 Å². The summed E-state index contributed by atoms with van der Waals surface area (Å²) in [6.45, 7) is 0.0869. The van der Waals surface area contributed by atoms with Gasteiger partial charge in [0.25, 0.3) is 0 Å². The molecule has 0 heterocycles. The summed E-state index contributed by atoms with van der Waals surface area (Å²) in [6, 6.07) is 13.5. The number of rotatable bonds is 6. The van der Waals surface area contributed by atoms with E-state index in [2.05, 4.69) is 0 Å². The van der Waals surface area contributed by atoms with E-state index in [4.69, 9.17) is 10.00 Å². The largest absolute Gasteiger partial charge is 0.489 e. The van der Waals surface area contributed by atoms with Crippen LogP contribution in [0.2, 0.25) is 0 Å². The van der Waals surface area contributed by atoms with Crippen molar-refractivity contribution in [2.24, 2.45) is 0 Å². The Morgan fingerprint density at radius 2 is 1.83 bits per heavy atom. The third kappa shape index (κ3) is 4.06. The summed E-state index contributed by atoms with van der Waals surface area (Å²) < 4.78 is 44.5. The van der Waals surface area contributed by atoms with Crippen LogP contribution in [0, 0.1) is 17.1 Å². The average molecular weight is 334 g/mol. The van der Waals surface area contributed by atoms with Crippen LogP contribution in [0.15, 0.2) is 53.4 Å². The molecule has 0 bridgehead atoms. The van der Waals surface area contributed by atoms with Gasteiger partial charge < -0.3 is 4.74 Å². The molecule has 2 aromatic rings. The number of nitriles is 1. The number of hydrogen-bond acceptors (Lipinski definition) is 4. The maximum Gasteiger partial charge on any atom is 0.242 e. The van der Waals surface area contributed by atoms with Crippen molar-refractivity contribution in [3.63, 3.8) is 0 Å². The minimum atomic E-state index is -3.68. The van der Waals surface area contributed by atoms with E-state index in [0.29, 0.717) is 5.56 Å². The summed E-state index contributed by atoms with van der Waals surface area (Å²) >= 11 is 0. The zero-order chi connectivity index (χ0) is 16.9. The van der Waals surface area contributed by atoms with Crippen molar-refractivity contribution >= 4 is 10.0 Å². The normalized spacial score (nSPS) is 11.2. The molecule has 5 nitrogen and oxygen atoms in total. The molecular formula is C16H15FN2O3S. The lowest BCUT2D eigenvalue weighted by Crippen LogP contribution is -2.31. The molecule has 120 valence electrons. The molecule has 0 unspecified atom stereocenters. The Hall–Kier alpha value is -2.43. The number of para-hydroxylation sites is 1. The van der Waals surface area contributed by atoms with Gasteiger partial charge in [0.1, 0.15) is 6.61 Å². The molecule has 0 aromatic heterocycles. The van der Waals surface area contributed by atoms with Gasteiger partial charge in [-0.2, -0.15) is 9.57 Å². The van der Waals surface area contributed by atoms with E-state index in [-0.39, 0.29) is 23.8 Å². The Kier molecular flexibility index (Phi) is 5.32. The molecular weight excluding hydrogens is 319 g/mol. The van der Waals surface area contributed by atoms with E-state index in [1.807, 2.05) is 6.07 Å². The number of likely N-dealkylation sites (N-methyl/N-ethyl adjacent to an activating group) is 1. The van der Waals surface area contributed by atoms with Gasteiger partial charge in [0.05, 0.1) is 16.5 Å². The van der Waals surface area contributed by atoms with Gasteiger partial charge in [0.2, 0.25) is 10.0 Å². The first-order chi connectivity index (χ1) is 10.9. The monoisotopic (exact) mass is 334 g/mol. The first-order valence-electron chi connectivity index (χ1n) is 6.79. The van der Waals surface area contributed by atoms with Crippen molar-refractivity contribution in [3.05, 3.63) is 59.9 Å². The van der Waals surface area contributed by atoms with E-state index in [9.17, 15) is 12.8 Å². The second-order valence-corrected chi connectivity index (χ2v) is 6.79. The maximum atomic E-state index is 13.4. The van der Waals surface area contributed by atoms with Crippen LogP contribution < -0.4 is 4.74 Å². The summed E-state index contributed by atoms with van der Waals surface area (Å²) in [5, 5.41) is 8.73. The van der Waals surface area contributed by atoms with Gasteiger partial charge in [-0.3, -0.25) is 0 Å². The Morgan fingerprint density at radius 1 is 1.17 bits per heavy atom. The summed E-state index contributed by atoms with van der Waals surface area (Å²) in [6.07, 6.45) is 0. The van der Waals surface area contributed by atoms with Gasteiger partial charge in [-0.15, -0.1) is 0 Å². The third-order valence-corrected chi connectivity index (χ3v) is 5.06. The summed E-state index contributed by atoms with van der Waals surface area (Å²) in [7, 11) is -2.26. The minimum Gasteiger partial charge on any atom is -0.489 e. The smallest absolute Gasteiger partial charge is 0.242 e. The highest BCUT2D eigenvalue weighted by Gasteiger charge is 2.20. The fraction of sp³-hybridized carbons (Fsp3) is 0.188. The van der Waals surface area contributed by atoms with Crippen LogP contribution in [-0.2, 0) is 10.0 Å². The Balaban J connectivity index is 2.00. The molecule has 0 aliphatic rings. The Labute approximate surface area is 134 Å². The molecule has 0 N–H and O–H groups in total. The summed E-state index contributed by atoms with van der Waals surface area (Å²) in [5.41, 5.74) is 0.384. The summed E-state index contributed by atoms with van der Waals surface area (Å²) in [4.78, 5) is 0.0879. The Bertz CT molecular complexity index is 814. The quantitative estimate of drug-likeness (QED) is 0.813. The summed E-state index contributed by atoms with van der Waals surface area (Å²) in [5.74, 6) is -0.415. The van der Waals surface area contributed by atoms with Gasteiger partial charge >= 0.3 is 0 Å². The molecule has 0 aliphatic carbocycles. The predicted octanol–water partition coefficient (Wildman–Crippen LogP) is 2.40. The zero-order valence-corrected chi connectivity index (χ0v) is 13.3. The fourth-order valence-corrected chi connectivity index (χ4v) is 3.00. The number of ether oxygens (including phenoxy) is 1. The topological polar surface area (TPSA) is 70.4 Å². The molecule has 0 aliphatic heterocycles. The highest BCUT2D eigenvalue weighted by atomic mass is 32.2. The Morgan fingerprint density at radius 3 is 2.43 bits per heavy atom. The van der Waals surface area contributed by atoms with Crippen LogP contribution in [0.4, 0.5) is 4.39 Å². The van der Waals surface area contributed by atoms with E-state index >= 15 is 0 Å². The van der Waals surface area contributed by atoms with Crippen LogP contribution in [0.5, 0.6) is 5.75 Å². The van der Waals surface area contributed by atoms with Crippen LogP contribution in [0.3, 0.4) is 0 Å². The number of hydrogen-bond donors (Lipinski definition) is 0. The lowest BCUT2D eigenvalue weighted by molar-refractivity contribution is 0.275. The van der Waals surface area contributed by atoms with Crippen molar-refractivity contribution < 1.29 is 17.5 Å². The van der Waals surface area contributed by atoms with Gasteiger partial charge in [0, 0.05) is 13.6 Å². The highest BCUT2D eigenvalue weighted by Crippen LogP contribution is 2.17. The number of benzene rings is 2. The average Bonchev–Trinajstić information content (AvgIpc) is 2.56. The molecule has 0 amide bonds. The van der Waals surface area contributed by atoms with Crippen molar-refractivity contribution in [1.29, 1.82) is 5.26 Å². The first-order valence-corrected chi connectivity index (χ1v) is 8.23. The van der Waals surface area contributed by atoms with E-state index < -0.39 is 15.8 Å². The molecule has 0 saturated carbocycles. The lowest BCUT2D eigenvalue weighted by Gasteiger charge is -2.17. The minimum absolute atomic E-state index is 0.0208. The second kappa shape index (κ2) is 7.22. The maximum absolute atomic E-state index is 13.4. The number of halogens is 1. The highest BCUT2D eigenvalue weighted by molar-refractivity contribution is 7.89. The number of sulfonamides is 1. The van der Waals surface area contributed by atoms with Crippen LogP contribution in [-0.4, -0.2) is 32.9 Å². The molecule has 23 heavy (non-hydrogen) atoms. The predicted molar refractivity (Wildman–Crippen MR) is 82.9 cm³/mol. The second-order valence-electron chi connectivity index (χ2n) is 4.74. The molecule has 0 spiro atoms. The van der Waals surface area contributed by atoms with E-state index in [1.165, 1.54) is 43.4 Å². The first kappa shape index (κ1) is 16.9. The molecule has 2 aromatic carbocycles. The molecule has 0 radical (unpaired) electrons. The van der Waals surface area contributed by atoms with Gasteiger partial charge in [0.15, 0.2) is 11.6 Å². The number of nitrogens with zero attached hydrogens (tertiary/aromatic N) is 2. The van der Waals surface area contributed by atoms with Crippen LogP contribution in [0.1, 0.15) is 5.56 Å². The van der Waals surface area contributed by atoms with E-state index in [1.54, 1.807) is 12.1 Å². The van der Waals surface area contributed by atoms with Crippen molar-refractivity contribution in [2.45, 2.75) is 4.90 Å². The van der Waals surface area contributed by atoms with Crippen molar-refractivity contribution in [2.75, 3.05) is 20.2 Å². The zero-order valence-electron chi connectivity index (χ0n) is 12.4. The van der Waals surface area contributed by atoms with Gasteiger partial charge in [-0.25, -0.2) is 12.8 Å². The lowest BCUT2D eigenvalue weighted by atomic mass is 10.2. The molecule has 7 heteroatoms. The SMILES string of the molecule is CN(CCOc1ccccc1F)S(=O)(=O)c1ccc(C#N)cc1. The van der Waals surface area contributed by atoms with Gasteiger partial charge in [-0.05, 0) is 36.4 Å². The van der Waals surface area contributed by atoms with Crippen LogP contribution in [0.25, 0.3) is 0 Å². The molecule has 0 saturated heterocycles.